The monoisotopic (exact) mass is 396 g/mol. The maximum atomic E-state index is 12.4. The van der Waals surface area contributed by atoms with Gasteiger partial charge in [-0.1, -0.05) is 41.1 Å². The van der Waals surface area contributed by atoms with Crippen LogP contribution in [-0.4, -0.2) is 24.6 Å². The molecule has 0 radical (unpaired) electrons. The van der Waals surface area contributed by atoms with Crippen LogP contribution in [0.2, 0.25) is 5.02 Å². The molecule has 3 rings (SSSR count). The molecular formula is C18H15ClF2N2O2S. The summed E-state index contributed by atoms with van der Waals surface area (Å²) in [6.07, 6.45) is 0.763. The van der Waals surface area contributed by atoms with Gasteiger partial charge in [0.2, 0.25) is 5.91 Å². The van der Waals surface area contributed by atoms with Gasteiger partial charge >= 0.3 is 6.61 Å². The van der Waals surface area contributed by atoms with E-state index < -0.39 is 6.61 Å². The van der Waals surface area contributed by atoms with Gasteiger partial charge < -0.3 is 4.74 Å². The molecule has 0 spiro atoms. The predicted molar refractivity (Wildman–Crippen MR) is 99.4 cm³/mol. The molecule has 0 unspecified atom stereocenters. The molecule has 0 bridgehead atoms. The molecule has 0 fully saturated rings. The molecule has 0 aliphatic rings. The van der Waals surface area contributed by atoms with Gasteiger partial charge in [-0.2, -0.15) is 8.78 Å². The van der Waals surface area contributed by atoms with Gasteiger partial charge in [0.25, 0.3) is 0 Å². The molecule has 1 amide bonds. The lowest BCUT2D eigenvalue weighted by Gasteiger charge is -2.13. The van der Waals surface area contributed by atoms with Crippen LogP contribution >= 0.6 is 22.9 Å². The Morgan fingerprint density at radius 1 is 1.27 bits per heavy atom. The average Bonchev–Trinajstić information content (AvgIpc) is 3.05. The predicted octanol–water partition coefficient (Wildman–Crippen LogP) is 5.15. The van der Waals surface area contributed by atoms with Crippen LogP contribution < -0.4 is 9.64 Å². The van der Waals surface area contributed by atoms with Gasteiger partial charge in [0, 0.05) is 13.5 Å². The van der Waals surface area contributed by atoms with E-state index in [4.69, 9.17) is 11.6 Å². The molecule has 136 valence electrons. The molecule has 2 aromatic carbocycles. The molecule has 0 N–H and O–H groups in total. The van der Waals surface area contributed by atoms with Crippen LogP contribution in [0.1, 0.15) is 12.0 Å². The Morgan fingerprint density at radius 3 is 2.65 bits per heavy atom. The minimum atomic E-state index is -2.85. The highest BCUT2D eigenvalue weighted by Gasteiger charge is 2.16. The van der Waals surface area contributed by atoms with E-state index in [1.807, 2.05) is 12.1 Å². The number of fused-ring (bicyclic) bond motifs is 1. The number of thiazole rings is 1. The van der Waals surface area contributed by atoms with Crippen LogP contribution in [0.4, 0.5) is 13.9 Å². The molecule has 4 nitrogen and oxygen atoms in total. The number of ether oxygens (including phenoxy) is 1. The third kappa shape index (κ3) is 4.28. The second-order valence-electron chi connectivity index (χ2n) is 5.56. The van der Waals surface area contributed by atoms with Gasteiger partial charge in [-0.15, -0.1) is 0 Å². The van der Waals surface area contributed by atoms with Crippen molar-refractivity contribution in [3.63, 3.8) is 0 Å². The number of alkyl halides is 2. The van der Waals surface area contributed by atoms with Gasteiger partial charge in [0.15, 0.2) is 5.13 Å². The van der Waals surface area contributed by atoms with E-state index in [0.29, 0.717) is 22.1 Å². The number of amides is 1. The number of hydrogen-bond acceptors (Lipinski definition) is 4. The number of carbonyl (C=O) groups is 1. The summed E-state index contributed by atoms with van der Waals surface area (Å²) < 4.78 is 29.5. The van der Waals surface area contributed by atoms with E-state index in [1.54, 1.807) is 25.2 Å². The van der Waals surface area contributed by atoms with E-state index in [1.165, 1.54) is 28.4 Å². The first-order chi connectivity index (χ1) is 12.4. The van der Waals surface area contributed by atoms with Crippen molar-refractivity contribution in [2.24, 2.45) is 0 Å². The molecule has 0 aliphatic carbocycles. The smallest absolute Gasteiger partial charge is 0.387 e. The molecule has 1 aromatic heterocycles. The highest BCUT2D eigenvalue weighted by atomic mass is 35.5. The highest BCUT2D eigenvalue weighted by molar-refractivity contribution is 7.22. The SMILES string of the molecule is CN(C(=O)CCc1ccc(OC(F)F)cc1)c1nc2c(Cl)cccc2s1. The average molecular weight is 397 g/mol. The Hall–Kier alpha value is -2.25. The minimum absolute atomic E-state index is 0.0897. The van der Waals surface area contributed by atoms with Gasteiger partial charge in [-0.05, 0) is 36.2 Å². The van der Waals surface area contributed by atoms with E-state index in [9.17, 15) is 13.6 Å². The Bertz CT molecular complexity index is 915. The van der Waals surface area contributed by atoms with Gasteiger partial charge in [-0.25, -0.2) is 4.98 Å². The first-order valence-corrected chi connectivity index (χ1v) is 8.99. The van der Waals surface area contributed by atoms with E-state index in [-0.39, 0.29) is 18.1 Å². The standard InChI is InChI=1S/C18H15ClF2N2O2S/c1-23(18-22-16-13(19)3-2-4-14(16)26-18)15(24)10-7-11-5-8-12(9-6-11)25-17(20)21/h2-6,8-9,17H,7,10H2,1H3. The van der Waals surface area contributed by atoms with Crippen molar-refractivity contribution < 1.29 is 18.3 Å². The highest BCUT2D eigenvalue weighted by Crippen LogP contribution is 2.32. The molecule has 0 atom stereocenters. The topological polar surface area (TPSA) is 42.4 Å². The number of para-hydroxylation sites is 1. The maximum absolute atomic E-state index is 12.4. The quantitative estimate of drug-likeness (QED) is 0.579. The first kappa shape index (κ1) is 18.5. The second kappa shape index (κ2) is 7.97. The zero-order chi connectivity index (χ0) is 18.7. The zero-order valence-electron chi connectivity index (χ0n) is 13.8. The molecule has 0 aliphatic heterocycles. The summed E-state index contributed by atoms with van der Waals surface area (Å²) in [7, 11) is 1.67. The number of aromatic nitrogens is 1. The van der Waals surface area contributed by atoms with Crippen LogP contribution in [0, 0.1) is 0 Å². The van der Waals surface area contributed by atoms with Gasteiger partial charge in [-0.3, -0.25) is 9.69 Å². The molecular weight excluding hydrogens is 382 g/mol. The molecule has 3 aromatic rings. The number of hydrogen-bond donors (Lipinski definition) is 0. The lowest BCUT2D eigenvalue weighted by molar-refractivity contribution is -0.118. The van der Waals surface area contributed by atoms with Crippen LogP contribution in [-0.2, 0) is 11.2 Å². The molecule has 8 heteroatoms. The number of rotatable bonds is 6. The summed E-state index contributed by atoms with van der Waals surface area (Å²) in [6.45, 7) is -2.85. The summed E-state index contributed by atoms with van der Waals surface area (Å²) in [4.78, 5) is 18.4. The van der Waals surface area contributed by atoms with Crippen LogP contribution in [0.3, 0.4) is 0 Å². The van der Waals surface area contributed by atoms with E-state index in [2.05, 4.69) is 9.72 Å². The van der Waals surface area contributed by atoms with Crippen molar-refractivity contribution in [3.8, 4) is 5.75 Å². The molecule has 0 saturated heterocycles. The lowest BCUT2D eigenvalue weighted by Crippen LogP contribution is -2.26. The fourth-order valence-corrected chi connectivity index (χ4v) is 3.65. The van der Waals surface area contributed by atoms with Gasteiger partial charge in [0.05, 0.1) is 9.72 Å². The maximum Gasteiger partial charge on any atom is 0.387 e. The summed E-state index contributed by atoms with van der Waals surface area (Å²) >= 11 is 7.52. The molecule has 0 saturated carbocycles. The summed E-state index contributed by atoms with van der Waals surface area (Å²) in [5.74, 6) is 0.00614. The van der Waals surface area contributed by atoms with Crippen molar-refractivity contribution in [1.82, 2.24) is 4.98 Å². The summed E-state index contributed by atoms with van der Waals surface area (Å²) in [5.41, 5.74) is 1.55. The van der Waals surface area contributed by atoms with Crippen molar-refractivity contribution in [3.05, 3.63) is 53.1 Å². The lowest BCUT2D eigenvalue weighted by atomic mass is 10.1. The Morgan fingerprint density at radius 2 is 2.00 bits per heavy atom. The second-order valence-corrected chi connectivity index (χ2v) is 6.97. The number of halogens is 3. The Kier molecular flexibility index (Phi) is 5.68. The molecule has 26 heavy (non-hydrogen) atoms. The zero-order valence-corrected chi connectivity index (χ0v) is 15.4. The van der Waals surface area contributed by atoms with Crippen molar-refractivity contribution >= 4 is 44.2 Å². The normalized spacial score (nSPS) is 11.1. The minimum Gasteiger partial charge on any atom is -0.435 e. The third-order valence-electron chi connectivity index (χ3n) is 3.80. The summed E-state index contributed by atoms with van der Waals surface area (Å²) in [6, 6.07) is 11.8. The fraction of sp³-hybridized carbons (Fsp3) is 0.222. The number of anilines is 1. The van der Waals surface area contributed by atoms with Crippen LogP contribution in [0.15, 0.2) is 42.5 Å². The number of carbonyl (C=O) groups excluding carboxylic acids is 1. The Labute approximate surface area is 158 Å². The van der Waals surface area contributed by atoms with Crippen molar-refractivity contribution in [1.29, 1.82) is 0 Å². The van der Waals surface area contributed by atoms with E-state index >= 15 is 0 Å². The first-order valence-electron chi connectivity index (χ1n) is 7.79. The Balaban J connectivity index is 1.62. The van der Waals surface area contributed by atoms with E-state index in [0.717, 1.165) is 10.3 Å². The van der Waals surface area contributed by atoms with Crippen molar-refractivity contribution in [2.45, 2.75) is 19.5 Å². The van der Waals surface area contributed by atoms with Crippen molar-refractivity contribution in [2.75, 3.05) is 11.9 Å². The van der Waals surface area contributed by atoms with Gasteiger partial charge in [0.1, 0.15) is 11.3 Å². The van der Waals surface area contributed by atoms with Crippen LogP contribution in [0.25, 0.3) is 10.2 Å². The number of benzene rings is 2. The third-order valence-corrected chi connectivity index (χ3v) is 5.20. The number of aryl methyl sites for hydroxylation is 1. The largest absolute Gasteiger partial charge is 0.435 e. The number of nitrogens with zero attached hydrogens (tertiary/aromatic N) is 2. The summed E-state index contributed by atoms with van der Waals surface area (Å²) in [5, 5.41) is 1.13. The van der Waals surface area contributed by atoms with Crippen LogP contribution in [0.5, 0.6) is 5.75 Å². The molecule has 1 heterocycles. The fourth-order valence-electron chi connectivity index (χ4n) is 2.41.